The van der Waals surface area contributed by atoms with Crippen LogP contribution in [0.5, 0.6) is 5.75 Å². The molecular formula is C24H36N3O7PS. The largest absolute Gasteiger partial charge is 0.524 e. The van der Waals surface area contributed by atoms with E-state index in [-0.39, 0.29) is 36.6 Å². The molecule has 2 amide bonds. The highest BCUT2D eigenvalue weighted by Gasteiger charge is 2.25. The first kappa shape index (κ1) is 29.9. The predicted octanol–water partition coefficient (Wildman–Crippen LogP) is 3.54. The minimum absolute atomic E-state index is 0.00684. The molecule has 2 unspecified atom stereocenters. The van der Waals surface area contributed by atoms with E-state index in [1.807, 2.05) is 6.92 Å². The highest BCUT2D eigenvalue weighted by Crippen LogP contribution is 2.37. The first-order valence-electron chi connectivity index (χ1n) is 12.1. The van der Waals surface area contributed by atoms with E-state index in [1.54, 1.807) is 12.1 Å². The molecule has 2 atom stereocenters. The van der Waals surface area contributed by atoms with Crippen molar-refractivity contribution >= 4 is 31.0 Å². The number of aromatic nitrogens is 1. The van der Waals surface area contributed by atoms with Gasteiger partial charge in [0.25, 0.3) is 0 Å². The first-order valence-corrected chi connectivity index (χ1v) is 14.4. The number of nitrogens with one attached hydrogen (secondary N) is 2. The highest BCUT2D eigenvalue weighted by molar-refractivity contribution is 7.46. The normalized spacial score (nSPS) is 13.2. The number of unbranched alkanes of at least 4 members (excludes halogenated alkanes) is 3. The molecule has 12 heteroatoms. The lowest BCUT2D eigenvalue weighted by Gasteiger charge is -2.21. The lowest BCUT2D eigenvalue weighted by Crippen LogP contribution is -2.48. The van der Waals surface area contributed by atoms with Crippen LogP contribution in [-0.4, -0.2) is 37.7 Å². The van der Waals surface area contributed by atoms with Crippen LogP contribution < -0.4 is 15.2 Å². The third-order valence-electron chi connectivity index (χ3n) is 5.51. The van der Waals surface area contributed by atoms with Gasteiger partial charge in [-0.3, -0.25) is 19.4 Å². The molecule has 36 heavy (non-hydrogen) atoms. The Bertz CT molecular complexity index is 1040. The van der Waals surface area contributed by atoms with Gasteiger partial charge < -0.3 is 20.3 Å². The van der Waals surface area contributed by atoms with Crippen molar-refractivity contribution in [2.45, 2.75) is 84.4 Å². The standard InChI is InChI=1S/C24H36N3O7PS/c1-4-6-7-8-9-22-21(15-28)27-24(36-22)19(5-2)26-23(30)20(25-16(3)29)14-17-10-12-18(13-11-17)34-35(31,32)33/h10-13,19-20,28H,4-9,14-15H2,1-3H3,(H,25,29)(H,26,30)(H2,31,32,33). The SMILES string of the molecule is CCCCCCc1sc(C(CC)NC(=O)C(Cc2ccc(OP(=O)(O)O)cc2)NC(C)=O)nc1CO. The van der Waals surface area contributed by atoms with Gasteiger partial charge in [0, 0.05) is 18.2 Å². The molecule has 0 bridgehead atoms. The number of carbonyl (C=O) groups excluding carboxylic acids is 2. The number of thiazole rings is 1. The van der Waals surface area contributed by atoms with E-state index in [2.05, 4.69) is 27.1 Å². The van der Waals surface area contributed by atoms with E-state index in [9.17, 15) is 19.3 Å². The van der Waals surface area contributed by atoms with Crippen molar-refractivity contribution in [3.63, 3.8) is 0 Å². The van der Waals surface area contributed by atoms with Gasteiger partial charge in [-0.1, -0.05) is 45.2 Å². The molecule has 1 aromatic heterocycles. The number of hydrogen-bond donors (Lipinski definition) is 5. The van der Waals surface area contributed by atoms with Gasteiger partial charge in [0.15, 0.2) is 0 Å². The third kappa shape index (κ3) is 9.99. The average molecular weight is 542 g/mol. The van der Waals surface area contributed by atoms with Crippen molar-refractivity contribution in [1.29, 1.82) is 0 Å². The molecule has 0 aliphatic heterocycles. The number of amides is 2. The Hall–Kier alpha value is -2.30. The number of phosphoric acid groups is 1. The van der Waals surface area contributed by atoms with Crippen LogP contribution in [0.15, 0.2) is 24.3 Å². The topological polar surface area (TPSA) is 158 Å². The molecule has 0 radical (unpaired) electrons. The molecule has 1 aromatic carbocycles. The Morgan fingerprint density at radius 2 is 1.81 bits per heavy atom. The monoisotopic (exact) mass is 541 g/mol. The summed E-state index contributed by atoms with van der Waals surface area (Å²) in [6, 6.07) is 4.69. The van der Waals surface area contributed by atoms with Crippen LogP contribution in [-0.2, 0) is 33.6 Å². The van der Waals surface area contributed by atoms with E-state index in [0.717, 1.165) is 42.0 Å². The van der Waals surface area contributed by atoms with Crippen molar-refractivity contribution < 1.29 is 33.6 Å². The Kier molecular flexibility index (Phi) is 12.0. The van der Waals surface area contributed by atoms with Gasteiger partial charge in [-0.15, -0.1) is 11.3 Å². The molecule has 0 aliphatic carbocycles. The Labute approximate surface area is 215 Å². The molecular weight excluding hydrogens is 505 g/mol. The fraction of sp³-hybridized carbons (Fsp3) is 0.542. The Morgan fingerprint density at radius 1 is 1.11 bits per heavy atom. The number of aliphatic hydroxyl groups is 1. The molecule has 0 aliphatic rings. The van der Waals surface area contributed by atoms with Gasteiger partial charge in [0.05, 0.1) is 18.3 Å². The van der Waals surface area contributed by atoms with Crippen LogP contribution in [0.1, 0.15) is 80.1 Å². The summed E-state index contributed by atoms with van der Waals surface area (Å²) in [6.45, 7) is 5.26. The van der Waals surface area contributed by atoms with E-state index in [4.69, 9.17) is 9.79 Å². The highest BCUT2D eigenvalue weighted by atomic mass is 32.1. The lowest BCUT2D eigenvalue weighted by atomic mass is 10.0. The number of hydrogen-bond acceptors (Lipinski definition) is 7. The molecule has 200 valence electrons. The Morgan fingerprint density at radius 3 is 2.36 bits per heavy atom. The maximum atomic E-state index is 13.2. The molecule has 1 heterocycles. The van der Waals surface area contributed by atoms with E-state index >= 15 is 0 Å². The average Bonchev–Trinajstić information content (AvgIpc) is 3.22. The van der Waals surface area contributed by atoms with E-state index in [1.165, 1.54) is 30.4 Å². The second kappa shape index (κ2) is 14.4. The van der Waals surface area contributed by atoms with Crippen molar-refractivity contribution in [1.82, 2.24) is 15.6 Å². The molecule has 10 nitrogen and oxygen atoms in total. The molecule has 0 spiro atoms. The van der Waals surface area contributed by atoms with E-state index in [0.29, 0.717) is 17.7 Å². The van der Waals surface area contributed by atoms with Gasteiger partial charge in [-0.05, 0) is 37.0 Å². The van der Waals surface area contributed by atoms with Crippen LogP contribution in [0.4, 0.5) is 0 Å². The second-order valence-electron chi connectivity index (χ2n) is 8.54. The summed E-state index contributed by atoms with van der Waals surface area (Å²) in [5, 5.41) is 16.1. The summed E-state index contributed by atoms with van der Waals surface area (Å²) >= 11 is 1.50. The quantitative estimate of drug-likeness (QED) is 0.169. The molecule has 0 saturated carbocycles. The fourth-order valence-electron chi connectivity index (χ4n) is 3.71. The van der Waals surface area contributed by atoms with Gasteiger partial charge in [-0.2, -0.15) is 0 Å². The predicted molar refractivity (Wildman–Crippen MR) is 137 cm³/mol. The molecule has 2 rings (SSSR count). The minimum Gasteiger partial charge on any atom is -0.404 e. The number of carbonyl (C=O) groups is 2. The Balaban J connectivity index is 2.12. The number of aryl methyl sites for hydroxylation is 1. The van der Waals surface area contributed by atoms with Gasteiger partial charge >= 0.3 is 7.82 Å². The lowest BCUT2D eigenvalue weighted by molar-refractivity contribution is -0.128. The van der Waals surface area contributed by atoms with Crippen LogP contribution in [0, 0.1) is 0 Å². The molecule has 2 aromatic rings. The summed E-state index contributed by atoms with van der Waals surface area (Å²) in [4.78, 5) is 48.4. The third-order valence-corrected chi connectivity index (χ3v) is 7.23. The van der Waals surface area contributed by atoms with Crippen molar-refractivity contribution in [2.24, 2.45) is 0 Å². The molecule has 0 saturated heterocycles. The summed E-state index contributed by atoms with van der Waals surface area (Å²) in [6.07, 6.45) is 6.04. The molecule has 0 fully saturated rings. The van der Waals surface area contributed by atoms with Gasteiger partial charge in [-0.25, -0.2) is 9.55 Å². The first-order chi connectivity index (χ1) is 17.1. The van der Waals surface area contributed by atoms with Gasteiger partial charge in [0.2, 0.25) is 11.8 Å². The summed E-state index contributed by atoms with van der Waals surface area (Å²) in [5.41, 5.74) is 1.32. The summed E-state index contributed by atoms with van der Waals surface area (Å²) < 4.78 is 15.5. The van der Waals surface area contributed by atoms with Crippen LogP contribution >= 0.6 is 19.2 Å². The summed E-state index contributed by atoms with van der Waals surface area (Å²) in [5.74, 6) is -0.749. The van der Waals surface area contributed by atoms with Crippen LogP contribution in [0.2, 0.25) is 0 Å². The van der Waals surface area contributed by atoms with Crippen molar-refractivity contribution in [3.05, 3.63) is 45.4 Å². The zero-order valence-corrected chi connectivity index (χ0v) is 22.6. The van der Waals surface area contributed by atoms with Crippen molar-refractivity contribution in [3.8, 4) is 5.75 Å². The second-order valence-corrected chi connectivity index (χ2v) is 10.8. The number of rotatable bonds is 15. The van der Waals surface area contributed by atoms with Crippen LogP contribution in [0.3, 0.4) is 0 Å². The smallest absolute Gasteiger partial charge is 0.404 e. The summed E-state index contributed by atoms with van der Waals surface area (Å²) in [7, 11) is -4.67. The number of aliphatic hydroxyl groups excluding tert-OH is 1. The maximum absolute atomic E-state index is 13.2. The van der Waals surface area contributed by atoms with Gasteiger partial charge in [0.1, 0.15) is 16.8 Å². The zero-order valence-electron chi connectivity index (χ0n) is 20.9. The maximum Gasteiger partial charge on any atom is 0.524 e. The minimum atomic E-state index is -4.67. The zero-order chi connectivity index (χ0) is 26.7. The number of phosphoric ester groups is 1. The molecule has 5 N–H and O–H groups in total. The van der Waals surface area contributed by atoms with E-state index < -0.39 is 13.9 Å². The number of nitrogens with zero attached hydrogens (tertiary/aromatic N) is 1. The van der Waals surface area contributed by atoms with Crippen LogP contribution in [0.25, 0.3) is 0 Å². The fourth-order valence-corrected chi connectivity index (χ4v) is 5.36. The number of benzene rings is 1. The van der Waals surface area contributed by atoms with Crippen molar-refractivity contribution in [2.75, 3.05) is 0 Å².